The van der Waals surface area contributed by atoms with Crippen LogP contribution >= 0.6 is 34.9 Å². The molecule has 140 valence electrons. The molecule has 1 unspecified atom stereocenters. The molecule has 4 aromatic heterocycles. The number of pyridine rings is 1. The van der Waals surface area contributed by atoms with Gasteiger partial charge in [0.05, 0.1) is 6.04 Å². The van der Waals surface area contributed by atoms with Crippen molar-refractivity contribution in [2.75, 3.05) is 11.5 Å². The zero-order valence-corrected chi connectivity index (χ0v) is 17.0. The van der Waals surface area contributed by atoms with Crippen LogP contribution in [0.4, 0.5) is 0 Å². The summed E-state index contributed by atoms with van der Waals surface area (Å²) in [6.07, 6.45) is 7.55. The van der Waals surface area contributed by atoms with E-state index in [-0.39, 0.29) is 0 Å². The van der Waals surface area contributed by atoms with E-state index in [0.29, 0.717) is 6.04 Å². The minimum atomic E-state index is 0.298. The topological polar surface area (TPSA) is 85.2 Å². The Labute approximate surface area is 173 Å². The molecule has 28 heavy (non-hydrogen) atoms. The molecule has 1 aliphatic rings. The molecule has 5 rings (SSSR count). The van der Waals surface area contributed by atoms with Crippen LogP contribution < -0.4 is 0 Å². The smallest absolute Gasteiger partial charge is 0.208 e. The third-order valence-electron chi connectivity index (χ3n) is 4.21. The Balaban J connectivity index is 1.28. The molecular weight excluding hydrogens is 410 g/mol. The highest BCUT2D eigenvalue weighted by Crippen LogP contribution is 2.38. The maximum atomic E-state index is 4.55. The van der Waals surface area contributed by atoms with Crippen molar-refractivity contribution >= 4 is 47.0 Å². The van der Waals surface area contributed by atoms with E-state index >= 15 is 0 Å². The van der Waals surface area contributed by atoms with Gasteiger partial charge < -0.3 is 0 Å². The summed E-state index contributed by atoms with van der Waals surface area (Å²) < 4.78 is 2.22. The molecule has 0 bridgehead atoms. The van der Waals surface area contributed by atoms with Crippen LogP contribution in [0, 0.1) is 0 Å². The van der Waals surface area contributed by atoms with E-state index in [2.05, 4.69) is 46.4 Å². The van der Waals surface area contributed by atoms with Gasteiger partial charge in [0.15, 0.2) is 11.0 Å². The summed E-state index contributed by atoms with van der Waals surface area (Å²) in [7, 11) is 0. The monoisotopic (exact) mass is 425 g/mol. The van der Waals surface area contributed by atoms with Crippen LogP contribution in [0.2, 0.25) is 0 Å². The Hall–Kier alpha value is -2.43. The molecule has 10 heteroatoms. The summed E-state index contributed by atoms with van der Waals surface area (Å²) in [5.74, 6) is 3.50. The van der Waals surface area contributed by atoms with E-state index in [1.165, 1.54) is 4.88 Å². The van der Waals surface area contributed by atoms with Crippen LogP contribution in [0.3, 0.4) is 0 Å². The van der Waals surface area contributed by atoms with Crippen LogP contribution in [0.5, 0.6) is 0 Å². The lowest BCUT2D eigenvalue weighted by atomic mass is 10.2. The molecule has 0 aliphatic carbocycles. The van der Waals surface area contributed by atoms with Crippen LogP contribution in [-0.2, 0) is 0 Å². The minimum Gasteiger partial charge on any atom is -0.297 e. The van der Waals surface area contributed by atoms with Crippen molar-refractivity contribution in [1.29, 1.82) is 0 Å². The molecule has 0 fully saturated rings. The van der Waals surface area contributed by atoms with Gasteiger partial charge in [-0.3, -0.25) is 14.6 Å². The second-order valence-electron chi connectivity index (χ2n) is 6.04. The normalized spacial score (nSPS) is 16.1. The van der Waals surface area contributed by atoms with Gasteiger partial charge in [-0.15, -0.1) is 26.6 Å². The van der Waals surface area contributed by atoms with Gasteiger partial charge in [-0.25, -0.2) is 4.98 Å². The van der Waals surface area contributed by atoms with Gasteiger partial charge in [0.1, 0.15) is 5.82 Å². The maximum absolute atomic E-state index is 4.55. The fourth-order valence-corrected chi connectivity index (χ4v) is 5.62. The second-order valence-corrected chi connectivity index (χ2v) is 8.99. The van der Waals surface area contributed by atoms with Gasteiger partial charge in [0, 0.05) is 34.3 Å². The third kappa shape index (κ3) is 3.62. The van der Waals surface area contributed by atoms with Crippen molar-refractivity contribution in [3.05, 3.63) is 52.7 Å². The van der Waals surface area contributed by atoms with E-state index in [4.69, 9.17) is 0 Å². The number of H-pyrrole nitrogens is 1. The number of rotatable bonds is 6. The summed E-state index contributed by atoms with van der Waals surface area (Å²) in [4.78, 5) is 9.83. The molecular formula is C18H15N7S3. The molecule has 7 nitrogen and oxygen atoms in total. The lowest BCUT2D eigenvalue weighted by Crippen LogP contribution is -2.11. The second kappa shape index (κ2) is 7.90. The van der Waals surface area contributed by atoms with E-state index in [0.717, 1.165) is 39.0 Å². The van der Waals surface area contributed by atoms with Gasteiger partial charge in [-0.05, 0) is 35.7 Å². The zero-order chi connectivity index (χ0) is 18.8. The SMILES string of the molecule is C(=C\c1cccs1)/c1nc(SCC2CSc3nnc(-c4ccncc4)n32)n[nH]1. The number of aromatic amines is 1. The largest absolute Gasteiger partial charge is 0.297 e. The number of thiophene rings is 1. The van der Waals surface area contributed by atoms with Crippen LogP contribution in [-0.4, -0.2) is 46.4 Å². The average molecular weight is 426 g/mol. The Morgan fingerprint density at radius 1 is 1.21 bits per heavy atom. The number of nitrogens with one attached hydrogen (secondary N) is 1. The Bertz CT molecular complexity index is 1090. The van der Waals surface area contributed by atoms with Crippen molar-refractivity contribution in [3.8, 4) is 11.4 Å². The van der Waals surface area contributed by atoms with E-state index in [9.17, 15) is 0 Å². The Morgan fingerprint density at radius 3 is 3.00 bits per heavy atom. The molecule has 5 heterocycles. The van der Waals surface area contributed by atoms with Gasteiger partial charge in [0.25, 0.3) is 0 Å². The molecule has 0 saturated carbocycles. The summed E-state index contributed by atoms with van der Waals surface area (Å²) in [6, 6.07) is 8.33. The number of fused-ring (bicyclic) bond motifs is 1. The quantitative estimate of drug-likeness (QED) is 0.465. The predicted octanol–water partition coefficient (Wildman–Crippen LogP) is 4.13. The Kier molecular flexibility index (Phi) is 4.98. The van der Waals surface area contributed by atoms with E-state index in [1.54, 1.807) is 47.3 Å². The van der Waals surface area contributed by atoms with E-state index in [1.807, 2.05) is 30.4 Å². The molecule has 0 spiro atoms. The third-order valence-corrected chi connectivity index (χ3v) is 7.13. The van der Waals surface area contributed by atoms with Crippen molar-refractivity contribution < 1.29 is 0 Å². The highest BCUT2D eigenvalue weighted by atomic mass is 32.2. The molecule has 0 aromatic carbocycles. The first-order chi connectivity index (χ1) is 13.9. The average Bonchev–Trinajstić information content (AvgIpc) is 3.51. The summed E-state index contributed by atoms with van der Waals surface area (Å²) in [6.45, 7) is 0. The lowest BCUT2D eigenvalue weighted by molar-refractivity contribution is 0.596. The number of nitrogens with zero attached hydrogens (tertiary/aromatic N) is 6. The highest BCUT2D eigenvalue weighted by Gasteiger charge is 2.28. The fraction of sp³-hybridized carbons (Fsp3) is 0.167. The van der Waals surface area contributed by atoms with Crippen LogP contribution in [0.1, 0.15) is 16.7 Å². The van der Waals surface area contributed by atoms with Gasteiger partial charge in [-0.2, -0.15) is 0 Å². The van der Waals surface area contributed by atoms with Crippen LogP contribution in [0.15, 0.2) is 52.4 Å². The van der Waals surface area contributed by atoms with Crippen molar-refractivity contribution in [3.63, 3.8) is 0 Å². The minimum absolute atomic E-state index is 0.298. The molecule has 1 N–H and O–H groups in total. The van der Waals surface area contributed by atoms with Crippen molar-refractivity contribution in [2.24, 2.45) is 0 Å². The number of hydrogen-bond acceptors (Lipinski definition) is 8. The maximum Gasteiger partial charge on any atom is 0.208 e. The fourth-order valence-electron chi connectivity index (χ4n) is 2.89. The van der Waals surface area contributed by atoms with Crippen LogP contribution in [0.25, 0.3) is 23.5 Å². The van der Waals surface area contributed by atoms with Gasteiger partial charge in [0.2, 0.25) is 5.16 Å². The molecule has 0 saturated heterocycles. The molecule has 1 aliphatic heterocycles. The van der Waals surface area contributed by atoms with Gasteiger partial charge >= 0.3 is 0 Å². The molecule has 4 aromatic rings. The first-order valence-corrected chi connectivity index (χ1v) is 11.5. The Morgan fingerprint density at radius 2 is 2.14 bits per heavy atom. The first-order valence-electron chi connectivity index (χ1n) is 8.62. The van der Waals surface area contributed by atoms with Crippen molar-refractivity contribution in [1.82, 2.24) is 34.9 Å². The lowest BCUT2D eigenvalue weighted by Gasteiger charge is -2.13. The molecule has 1 atom stereocenters. The number of aromatic nitrogens is 7. The first kappa shape index (κ1) is 17.7. The molecule has 0 amide bonds. The standard InChI is InChI=1S/C18H15N7S3/c1-2-14(26-9-1)3-4-15-20-17(23-21-15)27-10-13-11-28-18-24-22-16(25(13)18)12-5-7-19-8-6-12/h1-9,13H,10-11H2,(H,20,21,23)/b4-3+. The number of thioether (sulfide) groups is 2. The number of hydrogen-bond donors (Lipinski definition) is 1. The highest BCUT2D eigenvalue weighted by molar-refractivity contribution is 8.00. The summed E-state index contributed by atoms with van der Waals surface area (Å²) in [5.41, 5.74) is 1.03. The summed E-state index contributed by atoms with van der Waals surface area (Å²) in [5, 5.41) is 19.8. The van der Waals surface area contributed by atoms with Crippen molar-refractivity contribution in [2.45, 2.75) is 16.4 Å². The van der Waals surface area contributed by atoms with Gasteiger partial charge in [-0.1, -0.05) is 29.6 Å². The predicted molar refractivity (Wildman–Crippen MR) is 113 cm³/mol. The zero-order valence-electron chi connectivity index (χ0n) is 14.6. The molecule has 0 radical (unpaired) electrons. The summed E-state index contributed by atoms with van der Waals surface area (Å²) >= 11 is 5.08. The van der Waals surface area contributed by atoms with E-state index < -0.39 is 0 Å².